The third kappa shape index (κ3) is 4.10. The van der Waals surface area contributed by atoms with Crippen LogP contribution in [-0.2, 0) is 11.3 Å². The number of aliphatic hydroxyl groups excluding tert-OH is 1. The van der Waals surface area contributed by atoms with E-state index in [-0.39, 0.29) is 25.0 Å². The number of nitrogens with zero attached hydrogens (tertiary/aromatic N) is 1. The minimum absolute atomic E-state index is 0.0518. The molecule has 1 aromatic heterocycles. The summed E-state index contributed by atoms with van der Waals surface area (Å²) in [6.45, 7) is 5.99. The summed E-state index contributed by atoms with van der Waals surface area (Å²) in [6, 6.07) is 7.43. The van der Waals surface area contributed by atoms with Gasteiger partial charge < -0.3 is 19.7 Å². The fourth-order valence-corrected chi connectivity index (χ4v) is 2.52. The molecule has 0 aliphatic heterocycles. The molecule has 1 aromatic carbocycles. The Bertz CT molecular complexity index is 647. The highest BCUT2D eigenvalue weighted by atomic mass is 16.5. The summed E-state index contributed by atoms with van der Waals surface area (Å²) < 4.78 is 10.6. The highest BCUT2D eigenvalue weighted by Crippen LogP contribution is 2.24. The molecule has 1 heterocycles. The van der Waals surface area contributed by atoms with E-state index in [2.05, 4.69) is 10.5 Å². The molecule has 23 heavy (non-hydrogen) atoms. The number of aromatic nitrogens is 1. The zero-order valence-corrected chi connectivity index (χ0v) is 13.6. The Hall–Kier alpha value is -2.34. The second-order valence-corrected chi connectivity index (χ2v) is 5.36. The Morgan fingerprint density at radius 2 is 2.13 bits per heavy atom. The van der Waals surface area contributed by atoms with Gasteiger partial charge in [0, 0.05) is 17.7 Å². The minimum Gasteiger partial charge on any atom is -0.491 e. The van der Waals surface area contributed by atoms with Crippen molar-refractivity contribution in [2.24, 2.45) is 0 Å². The van der Waals surface area contributed by atoms with Crippen molar-refractivity contribution in [2.75, 3.05) is 13.2 Å². The first-order valence-corrected chi connectivity index (χ1v) is 7.56. The number of carbonyl (C=O) groups excluding carboxylic acids is 1. The number of benzene rings is 1. The Labute approximate surface area is 135 Å². The number of para-hydroxylation sites is 1. The highest BCUT2D eigenvalue weighted by Gasteiger charge is 2.22. The van der Waals surface area contributed by atoms with E-state index in [1.165, 1.54) is 0 Å². The average molecular weight is 318 g/mol. The van der Waals surface area contributed by atoms with E-state index in [4.69, 9.17) is 14.4 Å². The topological polar surface area (TPSA) is 84.6 Å². The second-order valence-electron chi connectivity index (χ2n) is 5.36. The first kappa shape index (κ1) is 17.0. The second kappa shape index (κ2) is 7.78. The predicted molar refractivity (Wildman–Crippen MR) is 85.3 cm³/mol. The van der Waals surface area contributed by atoms with Crippen molar-refractivity contribution in [1.82, 2.24) is 10.5 Å². The number of ether oxygens (including phenoxy) is 1. The van der Waals surface area contributed by atoms with E-state index in [1.807, 2.05) is 38.1 Å². The molecule has 0 bridgehead atoms. The molecule has 124 valence electrons. The van der Waals surface area contributed by atoms with Gasteiger partial charge in [-0.15, -0.1) is 0 Å². The minimum atomic E-state index is -0.341. The zero-order valence-electron chi connectivity index (χ0n) is 13.6. The largest absolute Gasteiger partial charge is 0.491 e. The number of aliphatic hydroxyl groups is 1. The van der Waals surface area contributed by atoms with Crippen LogP contribution in [0.2, 0.25) is 0 Å². The molecule has 2 aromatic rings. The standard InChI is InChI=1S/C17H22N2O4/c1-11(16-12(2)19-23-13(16)3)17(21)18-10-14-6-4-5-7-15(14)22-9-8-20/h4-7,11,20H,8-10H2,1-3H3,(H,18,21). The number of rotatable bonds is 7. The Morgan fingerprint density at radius 1 is 1.39 bits per heavy atom. The van der Waals surface area contributed by atoms with Crippen LogP contribution in [0.15, 0.2) is 28.8 Å². The quantitative estimate of drug-likeness (QED) is 0.816. The molecule has 0 aliphatic carbocycles. The molecule has 0 fully saturated rings. The SMILES string of the molecule is Cc1noc(C)c1C(C)C(=O)NCc1ccccc1OCCO. The Kier molecular flexibility index (Phi) is 5.76. The van der Waals surface area contributed by atoms with Gasteiger partial charge in [-0.25, -0.2) is 0 Å². The van der Waals surface area contributed by atoms with Crippen molar-refractivity contribution >= 4 is 5.91 Å². The molecule has 6 nitrogen and oxygen atoms in total. The molecule has 1 unspecified atom stereocenters. The maximum atomic E-state index is 12.4. The smallest absolute Gasteiger partial charge is 0.227 e. The maximum Gasteiger partial charge on any atom is 0.227 e. The molecule has 2 N–H and O–H groups in total. The van der Waals surface area contributed by atoms with E-state index in [9.17, 15) is 4.79 Å². The van der Waals surface area contributed by atoms with Crippen molar-refractivity contribution in [3.05, 3.63) is 46.8 Å². The normalized spacial score (nSPS) is 12.0. The van der Waals surface area contributed by atoms with Gasteiger partial charge >= 0.3 is 0 Å². The first-order valence-electron chi connectivity index (χ1n) is 7.56. The fourth-order valence-electron chi connectivity index (χ4n) is 2.52. The van der Waals surface area contributed by atoms with Crippen LogP contribution in [0, 0.1) is 13.8 Å². The lowest BCUT2D eigenvalue weighted by Crippen LogP contribution is -2.28. The highest BCUT2D eigenvalue weighted by molar-refractivity contribution is 5.83. The van der Waals surface area contributed by atoms with Gasteiger partial charge in [-0.05, 0) is 26.8 Å². The lowest BCUT2D eigenvalue weighted by atomic mass is 9.98. The summed E-state index contributed by atoms with van der Waals surface area (Å²) in [4.78, 5) is 12.4. The number of hydrogen-bond donors (Lipinski definition) is 2. The molecular formula is C17H22N2O4. The molecule has 2 rings (SSSR count). The zero-order chi connectivity index (χ0) is 16.8. The van der Waals surface area contributed by atoms with E-state index < -0.39 is 0 Å². The van der Waals surface area contributed by atoms with Crippen molar-refractivity contribution in [3.63, 3.8) is 0 Å². The Morgan fingerprint density at radius 3 is 2.78 bits per heavy atom. The van der Waals surface area contributed by atoms with Gasteiger partial charge in [0.15, 0.2) is 0 Å². The molecular weight excluding hydrogens is 296 g/mol. The van der Waals surface area contributed by atoms with Crippen LogP contribution in [0.3, 0.4) is 0 Å². The summed E-state index contributed by atoms with van der Waals surface area (Å²) in [6.07, 6.45) is 0. The van der Waals surface area contributed by atoms with Crippen LogP contribution in [0.4, 0.5) is 0 Å². The lowest BCUT2D eigenvalue weighted by molar-refractivity contribution is -0.122. The monoisotopic (exact) mass is 318 g/mol. The van der Waals surface area contributed by atoms with E-state index >= 15 is 0 Å². The summed E-state index contributed by atoms with van der Waals surface area (Å²) in [5.41, 5.74) is 2.42. The summed E-state index contributed by atoms with van der Waals surface area (Å²) >= 11 is 0. The van der Waals surface area contributed by atoms with E-state index in [0.717, 1.165) is 16.8 Å². The van der Waals surface area contributed by atoms with Crippen LogP contribution < -0.4 is 10.1 Å². The molecule has 0 saturated heterocycles. The predicted octanol–water partition coefficient (Wildman–Crippen LogP) is 2.08. The summed E-state index contributed by atoms with van der Waals surface area (Å²) in [7, 11) is 0. The van der Waals surface area contributed by atoms with Gasteiger partial charge in [0.25, 0.3) is 0 Å². The van der Waals surface area contributed by atoms with Gasteiger partial charge in [-0.1, -0.05) is 23.4 Å². The summed E-state index contributed by atoms with van der Waals surface area (Å²) in [5, 5.41) is 15.7. The van der Waals surface area contributed by atoms with Crippen molar-refractivity contribution in [2.45, 2.75) is 33.2 Å². The van der Waals surface area contributed by atoms with Crippen LogP contribution in [0.1, 0.15) is 35.4 Å². The number of hydrogen-bond acceptors (Lipinski definition) is 5. The molecule has 1 atom stereocenters. The number of amides is 1. The average Bonchev–Trinajstić information content (AvgIpc) is 2.89. The van der Waals surface area contributed by atoms with Gasteiger partial charge in [0.2, 0.25) is 5.91 Å². The first-order chi connectivity index (χ1) is 11.0. The van der Waals surface area contributed by atoms with E-state index in [1.54, 1.807) is 6.92 Å². The van der Waals surface area contributed by atoms with Crippen LogP contribution in [-0.4, -0.2) is 29.4 Å². The van der Waals surface area contributed by atoms with Crippen LogP contribution >= 0.6 is 0 Å². The van der Waals surface area contributed by atoms with Gasteiger partial charge in [-0.3, -0.25) is 4.79 Å². The van der Waals surface area contributed by atoms with Crippen LogP contribution in [0.25, 0.3) is 0 Å². The fraction of sp³-hybridized carbons (Fsp3) is 0.412. The van der Waals surface area contributed by atoms with Crippen molar-refractivity contribution in [1.29, 1.82) is 0 Å². The van der Waals surface area contributed by atoms with Crippen molar-refractivity contribution in [3.8, 4) is 5.75 Å². The maximum absolute atomic E-state index is 12.4. The number of aryl methyl sites for hydroxylation is 2. The molecule has 0 radical (unpaired) electrons. The lowest BCUT2D eigenvalue weighted by Gasteiger charge is -2.14. The van der Waals surface area contributed by atoms with Gasteiger partial charge in [0.05, 0.1) is 18.2 Å². The number of nitrogens with one attached hydrogen (secondary N) is 1. The molecule has 0 aliphatic rings. The molecule has 6 heteroatoms. The molecule has 0 spiro atoms. The van der Waals surface area contributed by atoms with E-state index in [0.29, 0.717) is 18.1 Å². The number of carbonyl (C=O) groups is 1. The third-order valence-corrected chi connectivity index (χ3v) is 3.69. The molecule has 1 amide bonds. The van der Waals surface area contributed by atoms with Gasteiger partial charge in [-0.2, -0.15) is 0 Å². The Balaban J connectivity index is 2.02. The van der Waals surface area contributed by atoms with Gasteiger partial charge in [0.1, 0.15) is 18.1 Å². The molecule has 0 saturated carbocycles. The summed E-state index contributed by atoms with van der Waals surface area (Å²) in [5.74, 6) is 0.881. The third-order valence-electron chi connectivity index (χ3n) is 3.69. The van der Waals surface area contributed by atoms with Crippen LogP contribution in [0.5, 0.6) is 5.75 Å². The van der Waals surface area contributed by atoms with Crippen molar-refractivity contribution < 1.29 is 19.2 Å².